The van der Waals surface area contributed by atoms with E-state index in [1.807, 2.05) is 0 Å². The summed E-state index contributed by atoms with van der Waals surface area (Å²) in [6, 6.07) is 9.44. The molecule has 0 saturated carbocycles. The van der Waals surface area contributed by atoms with E-state index < -0.39 is 27.7 Å². The quantitative estimate of drug-likeness (QED) is 0.664. The number of hydrogen-bond donors (Lipinski definition) is 1. The lowest BCUT2D eigenvalue weighted by Gasteiger charge is -2.33. The van der Waals surface area contributed by atoms with Crippen molar-refractivity contribution in [1.29, 1.82) is 0 Å². The first kappa shape index (κ1) is 24.5. The van der Waals surface area contributed by atoms with E-state index in [9.17, 15) is 26.4 Å². The molecule has 1 N–H and O–H groups in total. The van der Waals surface area contributed by atoms with Crippen molar-refractivity contribution >= 4 is 33.2 Å². The lowest BCUT2D eigenvalue weighted by atomic mass is 10.1. The van der Waals surface area contributed by atoms with Crippen molar-refractivity contribution in [3.8, 4) is 0 Å². The molecule has 1 heterocycles. The van der Waals surface area contributed by atoms with Gasteiger partial charge in [0.1, 0.15) is 0 Å². The largest absolute Gasteiger partial charge is 0.416 e. The fourth-order valence-electron chi connectivity index (χ4n) is 3.36. The van der Waals surface area contributed by atoms with Crippen molar-refractivity contribution in [3.63, 3.8) is 0 Å². The number of nitrogens with zero attached hydrogens (tertiary/aromatic N) is 2. The van der Waals surface area contributed by atoms with Crippen LogP contribution in [0.4, 0.5) is 18.9 Å². The topological polar surface area (TPSA) is 69.7 Å². The van der Waals surface area contributed by atoms with Crippen LogP contribution in [0.2, 0.25) is 5.02 Å². The number of piperazine rings is 1. The van der Waals surface area contributed by atoms with Gasteiger partial charge in [-0.1, -0.05) is 23.7 Å². The van der Waals surface area contributed by atoms with Gasteiger partial charge in [0.25, 0.3) is 5.91 Å². The van der Waals surface area contributed by atoms with Crippen LogP contribution in [0.3, 0.4) is 0 Å². The maximum atomic E-state index is 12.9. The van der Waals surface area contributed by atoms with Crippen LogP contribution < -0.4 is 5.32 Å². The third kappa shape index (κ3) is 6.00. The summed E-state index contributed by atoms with van der Waals surface area (Å²) in [5.41, 5.74) is 0.196. The Hall–Kier alpha value is -2.14. The molecule has 1 fully saturated rings. The maximum Gasteiger partial charge on any atom is 0.416 e. The van der Waals surface area contributed by atoms with Crippen molar-refractivity contribution in [2.45, 2.75) is 19.6 Å². The van der Waals surface area contributed by atoms with Crippen LogP contribution >= 0.6 is 11.6 Å². The summed E-state index contributed by atoms with van der Waals surface area (Å²) in [4.78, 5) is 14.6. The Bertz CT molecular complexity index is 1070. The van der Waals surface area contributed by atoms with E-state index >= 15 is 0 Å². The number of anilines is 1. The van der Waals surface area contributed by atoms with Gasteiger partial charge >= 0.3 is 6.18 Å². The van der Waals surface area contributed by atoms with Gasteiger partial charge < -0.3 is 5.32 Å². The molecule has 1 saturated heterocycles. The molecule has 0 aromatic heterocycles. The fourth-order valence-corrected chi connectivity index (χ4v) is 4.61. The number of rotatable bonds is 6. The number of halogens is 4. The molecule has 2 aromatic carbocycles. The van der Waals surface area contributed by atoms with Crippen LogP contribution in [0.25, 0.3) is 0 Å². The number of carbonyl (C=O) groups excluding carboxylic acids is 1. The van der Waals surface area contributed by atoms with Crippen molar-refractivity contribution in [2.75, 3.05) is 37.2 Å². The standard InChI is InChI=1S/C21H23ClF3N3O3S/c1-2-32(30,31)28-11-9-27(10-12-28)14-15-3-5-16(6-4-15)20(29)26-19-13-17(21(23,24)25)7-8-18(19)22/h3-8,13H,2,9-12,14H2,1H3,(H,26,29). The van der Waals surface area contributed by atoms with E-state index in [-0.39, 0.29) is 22.0 Å². The lowest BCUT2D eigenvalue weighted by molar-refractivity contribution is -0.137. The van der Waals surface area contributed by atoms with E-state index in [1.54, 1.807) is 31.2 Å². The van der Waals surface area contributed by atoms with Gasteiger partial charge in [-0.3, -0.25) is 9.69 Å². The first-order chi connectivity index (χ1) is 15.0. The Morgan fingerprint density at radius 2 is 1.69 bits per heavy atom. The number of nitrogens with one attached hydrogen (secondary N) is 1. The second-order valence-corrected chi connectivity index (χ2v) is 10.1. The molecular weight excluding hydrogens is 467 g/mol. The van der Waals surface area contributed by atoms with Crippen molar-refractivity contribution in [3.05, 3.63) is 64.2 Å². The van der Waals surface area contributed by atoms with Crippen molar-refractivity contribution < 1.29 is 26.4 Å². The average molecular weight is 490 g/mol. The molecule has 0 unspecified atom stereocenters. The van der Waals surface area contributed by atoms with Gasteiger partial charge in [-0.15, -0.1) is 0 Å². The molecule has 32 heavy (non-hydrogen) atoms. The summed E-state index contributed by atoms with van der Waals surface area (Å²) < 4.78 is 64.1. The van der Waals surface area contributed by atoms with E-state index in [1.165, 1.54) is 4.31 Å². The number of carbonyl (C=O) groups is 1. The third-order valence-corrected chi connectivity index (χ3v) is 7.46. The molecule has 0 radical (unpaired) electrons. The van der Waals surface area contributed by atoms with Crippen molar-refractivity contribution in [1.82, 2.24) is 9.21 Å². The number of alkyl halides is 3. The fraction of sp³-hybridized carbons (Fsp3) is 0.381. The molecule has 0 aliphatic carbocycles. The minimum absolute atomic E-state index is 0.00667. The Morgan fingerprint density at radius 1 is 1.06 bits per heavy atom. The first-order valence-corrected chi connectivity index (χ1v) is 12.0. The molecule has 3 rings (SSSR count). The van der Waals surface area contributed by atoms with E-state index in [4.69, 9.17) is 11.6 Å². The van der Waals surface area contributed by atoms with Crippen molar-refractivity contribution in [2.24, 2.45) is 0 Å². The number of benzene rings is 2. The number of sulfonamides is 1. The molecule has 6 nitrogen and oxygen atoms in total. The summed E-state index contributed by atoms with van der Waals surface area (Å²) in [7, 11) is -3.18. The summed E-state index contributed by atoms with van der Waals surface area (Å²) in [5, 5.41) is 2.43. The minimum Gasteiger partial charge on any atom is -0.321 e. The molecular formula is C21H23ClF3N3O3S. The molecule has 1 aliphatic heterocycles. The molecule has 1 aliphatic rings. The lowest BCUT2D eigenvalue weighted by Crippen LogP contribution is -2.48. The molecule has 11 heteroatoms. The Kier molecular flexibility index (Phi) is 7.49. The highest BCUT2D eigenvalue weighted by Crippen LogP contribution is 2.34. The summed E-state index contributed by atoms with van der Waals surface area (Å²) in [6.45, 7) is 4.32. The maximum absolute atomic E-state index is 12.9. The van der Waals surface area contributed by atoms with Gasteiger partial charge in [-0.05, 0) is 42.8 Å². The van der Waals surface area contributed by atoms with Crippen LogP contribution in [0.15, 0.2) is 42.5 Å². The average Bonchev–Trinajstić information content (AvgIpc) is 2.75. The summed E-state index contributed by atoms with van der Waals surface area (Å²) in [5.74, 6) is -0.487. The van der Waals surface area contributed by atoms with Gasteiger partial charge in [0, 0.05) is 38.3 Å². The molecule has 174 valence electrons. The smallest absolute Gasteiger partial charge is 0.321 e. The number of amides is 1. The van der Waals surface area contributed by atoms with Gasteiger partial charge in [-0.25, -0.2) is 8.42 Å². The molecule has 0 spiro atoms. The van der Waals surface area contributed by atoms with Crippen LogP contribution in [-0.2, 0) is 22.7 Å². The van der Waals surface area contributed by atoms with Gasteiger partial charge in [0.05, 0.1) is 22.0 Å². The van der Waals surface area contributed by atoms with E-state index in [0.717, 1.165) is 23.8 Å². The monoisotopic (exact) mass is 489 g/mol. The summed E-state index contributed by atoms with van der Waals surface area (Å²) >= 11 is 5.93. The third-order valence-electron chi connectivity index (χ3n) is 5.25. The Balaban J connectivity index is 1.60. The number of hydrogen-bond acceptors (Lipinski definition) is 4. The molecule has 2 aromatic rings. The zero-order valence-electron chi connectivity index (χ0n) is 17.3. The highest BCUT2D eigenvalue weighted by atomic mass is 35.5. The Morgan fingerprint density at radius 3 is 2.25 bits per heavy atom. The van der Waals surface area contributed by atoms with Gasteiger partial charge in [0.15, 0.2) is 0 Å². The normalized spacial score (nSPS) is 16.2. The predicted molar refractivity (Wildman–Crippen MR) is 117 cm³/mol. The van der Waals surface area contributed by atoms with Gasteiger partial charge in [-0.2, -0.15) is 17.5 Å². The minimum atomic E-state index is -4.54. The van der Waals surface area contributed by atoms with Crippen LogP contribution in [-0.4, -0.2) is 55.5 Å². The van der Waals surface area contributed by atoms with Crippen LogP contribution in [0, 0.1) is 0 Å². The second-order valence-electron chi connectivity index (χ2n) is 7.42. The highest BCUT2D eigenvalue weighted by molar-refractivity contribution is 7.89. The van der Waals surface area contributed by atoms with Crippen LogP contribution in [0.5, 0.6) is 0 Å². The van der Waals surface area contributed by atoms with E-state index in [0.29, 0.717) is 32.7 Å². The second kappa shape index (κ2) is 9.78. The molecule has 0 bridgehead atoms. The zero-order valence-corrected chi connectivity index (χ0v) is 18.9. The van der Waals surface area contributed by atoms with E-state index in [2.05, 4.69) is 10.2 Å². The zero-order chi connectivity index (χ0) is 23.5. The van der Waals surface area contributed by atoms with Crippen LogP contribution in [0.1, 0.15) is 28.4 Å². The summed E-state index contributed by atoms with van der Waals surface area (Å²) in [6.07, 6.45) is -4.54. The predicted octanol–water partition coefficient (Wildman–Crippen LogP) is 4.08. The first-order valence-electron chi connectivity index (χ1n) is 9.97. The highest BCUT2D eigenvalue weighted by Gasteiger charge is 2.31. The van der Waals surface area contributed by atoms with Gasteiger partial charge in [0.2, 0.25) is 10.0 Å². The Labute approximate surface area is 190 Å². The SMILES string of the molecule is CCS(=O)(=O)N1CCN(Cc2ccc(C(=O)Nc3cc(C(F)(F)F)ccc3Cl)cc2)CC1. The molecule has 1 amide bonds. The molecule has 0 atom stereocenters.